The molecule has 5 heteroatoms. The average Bonchev–Trinajstić information content (AvgIpc) is 3.18. The summed E-state index contributed by atoms with van der Waals surface area (Å²) >= 11 is 0. The van der Waals surface area contributed by atoms with Crippen molar-refractivity contribution in [2.24, 2.45) is 17.8 Å². The molecule has 38 heavy (non-hydrogen) atoms. The van der Waals surface area contributed by atoms with Crippen molar-refractivity contribution < 1.29 is 19.1 Å². The van der Waals surface area contributed by atoms with Gasteiger partial charge in [-0.1, -0.05) is 90.5 Å². The summed E-state index contributed by atoms with van der Waals surface area (Å²) < 4.78 is 5.97. The van der Waals surface area contributed by atoms with Crippen molar-refractivity contribution in [3.63, 3.8) is 0 Å². The van der Waals surface area contributed by atoms with Gasteiger partial charge in [-0.05, 0) is 42.0 Å². The smallest absolute Gasteiger partial charge is 0.319 e. The van der Waals surface area contributed by atoms with Gasteiger partial charge in [0.05, 0.1) is 23.4 Å². The molecule has 4 aromatic carbocycles. The van der Waals surface area contributed by atoms with Crippen LogP contribution < -0.4 is 9.64 Å². The third-order valence-corrected chi connectivity index (χ3v) is 8.26. The molecule has 7 rings (SSSR count). The largest absolute Gasteiger partial charge is 0.425 e. The summed E-state index contributed by atoms with van der Waals surface area (Å²) in [5.74, 6) is -3.33. The summed E-state index contributed by atoms with van der Waals surface area (Å²) in [7, 11) is 0. The Morgan fingerprint density at radius 1 is 0.763 bits per heavy atom. The molecule has 0 saturated carbocycles. The van der Waals surface area contributed by atoms with Crippen LogP contribution in [0.1, 0.15) is 28.2 Å². The Morgan fingerprint density at radius 2 is 1.50 bits per heavy atom. The molecule has 3 aliphatic rings. The minimum Gasteiger partial charge on any atom is -0.425 e. The number of amides is 2. The van der Waals surface area contributed by atoms with E-state index in [9.17, 15) is 14.4 Å². The monoisotopic (exact) mass is 499 g/mol. The van der Waals surface area contributed by atoms with E-state index in [0.717, 1.165) is 38.6 Å². The lowest BCUT2D eigenvalue weighted by atomic mass is 9.64. The van der Waals surface area contributed by atoms with E-state index in [1.54, 1.807) is 0 Å². The van der Waals surface area contributed by atoms with E-state index in [-0.39, 0.29) is 17.7 Å². The lowest BCUT2D eigenvalue weighted by molar-refractivity contribution is -0.142. The van der Waals surface area contributed by atoms with Crippen LogP contribution in [-0.2, 0) is 14.4 Å². The molecule has 0 spiro atoms. The van der Waals surface area contributed by atoms with E-state index < -0.39 is 23.7 Å². The fourth-order valence-corrected chi connectivity index (χ4v) is 6.58. The zero-order valence-corrected chi connectivity index (χ0v) is 21.0. The first-order valence-electron chi connectivity index (χ1n) is 12.9. The Labute approximate surface area is 220 Å². The molecule has 4 atom stereocenters. The molecule has 1 fully saturated rings. The van der Waals surface area contributed by atoms with E-state index in [1.807, 2.05) is 105 Å². The highest BCUT2D eigenvalue weighted by molar-refractivity contribution is 6.25. The number of hydrogen-bond donors (Lipinski definition) is 0. The zero-order chi connectivity index (χ0) is 26.1. The maximum absolute atomic E-state index is 14.2. The standard InChI is InChI=1S/C33H25NO4/c1-18-12-15-26(19(2)16-18)34-31(35)27-24(20-8-4-3-5-9-20)17-25-23-14-13-21-10-6-7-11-22(21)30(23)38-33(37)28(25)29(27)32(34)36/h3-17,24,27-29H,1-2H3/t24-,27-,28+,29-/m0/s1. The molecule has 4 aromatic rings. The molecule has 0 radical (unpaired) electrons. The number of aryl methyl sites for hydroxylation is 2. The van der Waals surface area contributed by atoms with E-state index in [1.165, 1.54) is 4.90 Å². The number of allylic oxidation sites excluding steroid dienone is 1. The molecule has 2 aliphatic heterocycles. The van der Waals surface area contributed by atoms with Crippen molar-refractivity contribution in [3.8, 4) is 5.75 Å². The number of imide groups is 1. The highest BCUT2D eigenvalue weighted by atomic mass is 16.5. The predicted octanol–water partition coefficient (Wildman–Crippen LogP) is 5.98. The quantitative estimate of drug-likeness (QED) is 0.193. The summed E-state index contributed by atoms with van der Waals surface area (Å²) in [6.07, 6.45) is 2.03. The Hall–Kier alpha value is -4.51. The molecule has 1 aliphatic carbocycles. The number of benzene rings is 4. The Morgan fingerprint density at radius 3 is 2.29 bits per heavy atom. The van der Waals surface area contributed by atoms with Crippen molar-refractivity contribution in [3.05, 3.63) is 113 Å². The second kappa shape index (κ2) is 8.25. The van der Waals surface area contributed by atoms with Crippen LogP contribution >= 0.6 is 0 Å². The third kappa shape index (κ3) is 3.14. The first-order chi connectivity index (χ1) is 18.4. The van der Waals surface area contributed by atoms with Gasteiger partial charge in [-0.15, -0.1) is 0 Å². The number of hydrogen-bond acceptors (Lipinski definition) is 4. The summed E-state index contributed by atoms with van der Waals surface area (Å²) in [4.78, 5) is 43.2. The second-order valence-electron chi connectivity index (χ2n) is 10.5. The molecule has 186 valence electrons. The first-order valence-corrected chi connectivity index (χ1v) is 12.9. The summed E-state index contributed by atoms with van der Waals surface area (Å²) in [6, 6.07) is 27.2. The number of fused-ring (bicyclic) bond motifs is 7. The van der Waals surface area contributed by atoms with Gasteiger partial charge in [0.15, 0.2) is 0 Å². The van der Waals surface area contributed by atoms with Crippen LogP contribution in [0.25, 0.3) is 16.3 Å². The first kappa shape index (κ1) is 22.7. The molecular formula is C33H25NO4. The minimum atomic E-state index is -0.847. The number of nitrogens with zero attached hydrogens (tertiary/aromatic N) is 1. The Kier molecular flexibility index (Phi) is 4.92. The highest BCUT2D eigenvalue weighted by Gasteiger charge is 2.60. The van der Waals surface area contributed by atoms with Gasteiger partial charge < -0.3 is 4.74 Å². The number of ether oxygens (including phenoxy) is 1. The van der Waals surface area contributed by atoms with Crippen LogP contribution in [0.3, 0.4) is 0 Å². The second-order valence-corrected chi connectivity index (χ2v) is 10.5. The lowest BCUT2D eigenvalue weighted by Gasteiger charge is -2.38. The Bertz CT molecular complexity index is 1700. The fourth-order valence-electron chi connectivity index (χ4n) is 6.58. The lowest BCUT2D eigenvalue weighted by Crippen LogP contribution is -2.42. The Balaban J connectivity index is 1.45. The maximum Gasteiger partial charge on any atom is 0.319 e. The molecule has 0 N–H and O–H groups in total. The van der Waals surface area contributed by atoms with E-state index in [0.29, 0.717) is 11.4 Å². The van der Waals surface area contributed by atoms with Crippen molar-refractivity contribution in [1.29, 1.82) is 0 Å². The van der Waals surface area contributed by atoms with Crippen LogP contribution in [0.2, 0.25) is 0 Å². The number of rotatable bonds is 2. The molecule has 2 amide bonds. The van der Waals surface area contributed by atoms with Gasteiger partial charge in [-0.2, -0.15) is 0 Å². The SMILES string of the molecule is Cc1ccc(N2C(=O)[C@@H]3[C@@H]4C(=O)Oc5c(ccc6ccccc56)C4=C[C@@H](c4ccccc4)[C@@H]3C2=O)c(C)c1. The maximum atomic E-state index is 14.2. The molecule has 0 bridgehead atoms. The average molecular weight is 500 g/mol. The van der Waals surface area contributed by atoms with Crippen LogP contribution in [0.5, 0.6) is 5.75 Å². The topological polar surface area (TPSA) is 63.7 Å². The highest BCUT2D eigenvalue weighted by Crippen LogP contribution is 2.55. The molecule has 0 unspecified atom stereocenters. The third-order valence-electron chi connectivity index (χ3n) is 8.26. The molecule has 2 heterocycles. The normalized spacial score (nSPS) is 24.0. The number of anilines is 1. The van der Waals surface area contributed by atoms with Gasteiger partial charge >= 0.3 is 5.97 Å². The summed E-state index contributed by atoms with van der Waals surface area (Å²) in [6.45, 7) is 3.88. The van der Waals surface area contributed by atoms with Crippen LogP contribution in [-0.4, -0.2) is 17.8 Å². The van der Waals surface area contributed by atoms with Crippen LogP contribution in [0.15, 0.2) is 91.0 Å². The van der Waals surface area contributed by atoms with E-state index >= 15 is 0 Å². The van der Waals surface area contributed by atoms with Crippen molar-refractivity contribution in [2.45, 2.75) is 19.8 Å². The number of carbonyl (C=O) groups is 3. The van der Waals surface area contributed by atoms with Crippen molar-refractivity contribution >= 4 is 39.8 Å². The van der Waals surface area contributed by atoms with Gasteiger partial charge in [0.2, 0.25) is 11.8 Å². The minimum absolute atomic E-state index is 0.270. The van der Waals surface area contributed by atoms with Gasteiger partial charge in [-0.25, -0.2) is 4.90 Å². The molecule has 5 nitrogen and oxygen atoms in total. The number of esters is 1. The van der Waals surface area contributed by atoms with E-state index in [4.69, 9.17) is 4.74 Å². The molecular weight excluding hydrogens is 474 g/mol. The zero-order valence-electron chi connectivity index (χ0n) is 21.0. The van der Waals surface area contributed by atoms with Gasteiger partial charge in [0.25, 0.3) is 0 Å². The van der Waals surface area contributed by atoms with Gasteiger partial charge in [0, 0.05) is 16.9 Å². The molecule has 1 saturated heterocycles. The molecule has 0 aromatic heterocycles. The predicted molar refractivity (Wildman–Crippen MR) is 146 cm³/mol. The van der Waals surface area contributed by atoms with E-state index in [2.05, 4.69) is 0 Å². The van der Waals surface area contributed by atoms with Gasteiger partial charge in [-0.3, -0.25) is 14.4 Å². The van der Waals surface area contributed by atoms with Crippen LogP contribution in [0.4, 0.5) is 5.69 Å². The van der Waals surface area contributed by atoms with Crippen molar-refractivity contribution in [2.75, 3.05) is 4.90 Å². The van der Waals surface area contributed by atoms with Gasteiger partial charge in [0.1, 0.15) is 5.75 Å². The summed E-state index contributed by atoms with van der Waals surface area (Å²) in [5, 5.41) is 1.82. The van der Waals surface area contributed by atoms with Crippen LogP contribution in [0, 0.1) is 31.6 Å². The summed E-state index contributed by atoms with van der Waals surface area (Å²) in [5.41, 5.74) is 4.98. The van der Waals surface area contributed by atoms with Crippen molar-refractivity contribution in [1.82, 2.24) is 0 Å². The fraction of sp³-hybridized carbons (Fsp3) is 0.182. The number of carbonyl (C=O) groups excluding carboxylic acids is 3.